The van der Waals surface area contributed by atoms with Crippen LogP contribution in [-0.4, -0.2) is 71.0 Å². The van der Waals surface area contributed by atoms with Gasteiger partial charge in [0.1, 0.15) is 6.04 Å². The van der Waals surface area contributed by atoms with Gasteiger partial charge in [-0.15, -0.1) is 0 Å². The van der Waals surface area contributed by atoms with E-state index in [1.807, 2.05) is 41.7 Å². The summed E-state index contributed by atoms with van der Waals surface area (Å²) < 4.78 is 0. The Morgan fingerprint density at radius 1 is 1.20 bits per heavy atom. The van der Waals surface area contributed by atoms with Gasteiger partial charge in [-0.25, -0.2) is 4.79 Å². The molecule has 0 aliphatic carbocycles. The van der Waals surface area contributed by atoms with Gasteiger partial charge in [0.2, 0.25) is 11.8 Å². The fraction of sp³-hybridized carbons (Fsp3) is 0.783. The zero-order chi connectivity index (χ0) is 23.4. The number of nitrogens with one attached hydrogen (secondary N) is 1. The van der Waals surface area contributed by atoms with Crippen molar-refractivity contribution in [2.24, 2.45) is 11.3 Å². The van der Waals surface area contributed by atoms with Gasteiger partial charge in [-0.3, -0.25) is 14.5 Å². The summed E-state index contributed by atoms with van der Waals surface area (Å²) in [4.78, 5) is 41.5. The van der Waals surface area contributed by atoms with Gasteiger partial charge < -0.3 is 15.3 Å². The van der Waals surface area contributed by atoms with E-state index in [1.54, 1.807) is 18.0 Å². The number of amides is 2. The summed E-state index contributed by atoms with van der Waals surface area (Å²) in [6, 6.07) is -1.00. The molecule has 2 amide bonds. The molecule has 7 heteroatoms. The van der Waals surface area contributed by atoms with Crippen LogP contribution in [0.3, 0.4) is 0 Å². The zero-order valence-corrected chi connectivity index (χ0v) is 20.2. The number of carboxylic acids is 1. The number of likely N-dealkylation sites (N-methyl/N-ethyl adjacent to an activating group) is 2. The van der Waals surface area contributed by atoms with E-state index in [2.05, 4.69) is 17.1 Å². The van der Waals surface area contributed by atoms with Crippen molar-refractivity contribution in [1.29, 1.82) is 0 Å². The Hall–Kier alpha value is -1.89. The lowest BCUT2D eigenvalue weighted by molar-refractivity contribution is -0.142. The Kier molecular flexibility index (Phi) is 9.08. The molecule has 7 nitrogen and oxygen atoms in total. The molecule has 0 aromatic rings. The molecule has 1 aliphatic rings. The molecule has 1 saturated heterocycles. The van der Waals surface area contributed by atoms with E-state index >= 15 is 0 Å². The molecule has 30 heavy (non-hydrogen) atoms. The Bertz CT molecular complexity index is 666. The molecule has 0 aromatic heterocycles. The summed E-state index contributed by atoms with van der Waals surface area (Å²) in [6.07, 6.45) is 4.45. The first-order chi connectivity index (χ1) is 13.7. The van der Waals surface area contributed by atoms with E-state index < -0.39 is 17.4 Å². The molecule has 0 unspecified atom stereocenters. The normalized spacial score (nSPS) is 23.1. The van der Waals surface area contributed by atoms with Crippen LogP contribution in [0.5, 0.6) is 0 Å². The van der Waals surface area contributed by atoms with E-state index in [0.29, 0.717) is 6.04 Å². The average molecular weight is 424 g/mol. The lowest BCUT2D eigenvalue weighted by Crippen LogP contribution is -2.60. The first kappa shape index (κ1) is 26.1. The predicted molar refractivity (Wildman–Crippen MR) is 119 cm³/mol. The third-order valence-electron chi connectivity index (χ3n) is 6.22. The summed E-state index contributed by atoms with van der Waals surface area (Å²) in [5.41, 5.74) is -0.296. The molecule has 1 rings (SSSR count). The molecule has 0 bridgehead atoms. The number of hydrogen-bond acceptors (Lipinski definition) is 4. The van der Waals surface area contributed by atoms with E-state index in [1.165, 1.54) is 6.92 Å². The summed E-state index contributed by atoms with van der Waals surface area (Å²) >= 11 is 0. The molecule has 1 fully saturated rings. The monoisotopic (exact) mass is 423 g/mol. The molecule has 0 aromatic carbocycles. The first-order valence-electron chi connectivity index (χ1n) is 10.9. The van der Waals surface area contributed by atoms with Gasteiger partial charge in [0.15, 0.2) is 0 Å². The SMILES string of the molecule is CC(=C[C@H](C(C)C)N(C)C(=O)[C@@H](NC(=O)[C@@H]1CCC[C@@H](C)N1C)C(C)(C)C)C(=O)O. The van der Waals surface area contributed by atoms with Crippen LogP contribution in [0.25, 0.3) is 0 Å². The van der Waals surface area contributed by atoms with E-state index in [4.69, 9.17) is 0 Å². The molecular formula is C23H41N3O4. The van der Waals surface area contributed by atoms with Crippen LogP contribution in [0, 0.1) is 11.3 Å². The molecule has 0 saturated carbocycles. The van der Waals surface area contributed by atoms with Crippen molar-refractivity contribution in [2.45, 2.75) is 91.9 Å². The summed E-state index contributed by atoms with van der Waals surface area (Å²) in [6.45, 7) is 13.3. The molecule has 172 valence electrons. The third kappa shape index (κ3) is 6.56. The van der Waals surface area contributed by atoms with Gasteiger partial charge in [-0.2, -0.15) is 0 Å². The second-order valence-corrected chi connectivity index (χ2v) is 10.1. The Balaban J connectivity index is 3.12. The molecule has 0 spiro atoms. The van der Waals surface area contributed by atoms with Crippen molar-refractivity contribution in [3.8, 4) is 0 Å². The number of likely N-dealkylation sites (tertiary alicyclic amines) is 1. The maximum atomic E-state index is 13.5. The average Bonchev–Trinajstić information content (AvgIpc) is 2.63. The quantitative estimate of drug-likeness (QED) is 0.615. The molecule has 0 radical (unpaired) electrons. The highest BCUT2D eigenvalue weighted by Crippen LogP contribution is 2.26. The number of rotatable bonds is 7. The number of carbonyl (C=O) groups is 3. The fourth-order valence-electron chi connectivity index (χ4n) is 3.95. The van der Waals surface area contributed by atoms with Crippen LogP contribution in [0.15, 0.2) is 11.6 Å². The summed E-state index contributed by atoms with van der Waals surface area (Å²) in [5, 5.41) is 12.3. The van der Waals surface area contributed by atoms with Gasteiger partial charge >= 0.3 is 5.97 Å². The second kappa shape index (κ2) is 10.4. The summed E-state index contributed by atoms with van der Waals surface area (Å²) in [5.74, 6) is -1.31. The van der Waals surface area contributed by atoms with E-state index in [9.17, 15) is 19.5 Å². The number of nitrogens with zero attached hydrogens (tertiary/aromatic N) is 2. The minimum atomic E-state index is -1.00. The first-order valence-corrected chi connectivity index (χ1v) is 10.9. The topological polar surface area (TPSA) is 90.0 Å². The van der Waals surface area contributed by atoms with Crippen LogP contribution in [0.4, 0.5) is 0 Å². The van der Waals surface area contributed by atoms with E-state index in [0.717, 1.165) is 19.3 Å². The van der Waals surface area contributed by atoms with Gasteiger partial charge in [0.25, 0.3) is 0 Å². The fourth-order valence-corrected chi connectivity index (χ4v) is 3.95. The van der Waals surface area contributed by atoms with E-state index in [-0.39, 0.29) is 35.4 Å². The van der Waals surface area contributed by atoms with Crippen LogP contribution < -0.4 is 5.32 Å². The molecule has 2 N–H and O–H groups in total. The molecule has 1 heterocycles. The standard InChI is InChI=1S/C23H41N3O4/c1-14(2)18(13-15(3)22(29)30)26(9)21(28)19(23(5,6)7)24-20(27)17-12-10-11-16(4)25(17)8/h13-14,16-19H,10-12H2,1-9H3,(H,24,27)(H,29,30)/t16-,17+,18-,19-/m1/s1. The van der Waals surface area contributed by atoms with Gasteiger partial charge in [-0.05, 0) is 51.5 Å². The number of piperidine rings is 1. The number of carboxylic acid groups (broad SMARTS) is 1. The second-order valence-electron chi connectivity index (χ2n) is 10.1. The van der Waals surface area contributed by atoms with Crippen LogP contribution in [0.1, 0.15) is 67.7 Å². The van der Waals surface area contributed by atoms with Gasteiger partial charge in [0.05, 0.1) is 12.1 Å². The minimum Gasteiger partial charge on any atom is -0.478 e. The molecule has 4 atom stereocenters. The van der Waals surface area contributed by atoms with Crippen molar-refractivity contribution in [3.05, 3.63) is 11.6 Å². The number of carbonyl (C=O) groups excluding carboxylic acids is 2. The number of hydrogen-bond donors (Lipinski definition) is 2. The van der Waals surface area contributed by atoms with Crippen LogP contribution in [0.2, 0.25) is 0 Å². The van der Waals surface area contributed by atoms with Crippen molar-refractivity contribution >= 4 is 17.8 Å². The third-order valence-corrected chi connectivity index (χ3v) is 6.22. The lowest BCUT2D eigenvalue weighted by Gasteiger charge is -2.40. The minimum absolute atomic E-state index is 0.0231. The highest BCUT2D eigenvalue weighted by atomic mass is 16.4. The number of aliphatic carboxylic acids is 1. The molecular weight excluding hydrogens is 382 g/mol. The van der Waals surface area contributed by atoms with Gasteiger partial charge in [-0.1, -0.05) is 40.7 Å². The smallest absolute Gasteiger partial charge is 0.331 e. The molecule has 1 aliphatic heterocycles. The van der Waals surface area contributed by atoms with Gasteiger partial charge in [0, 0.05) is 18.7 Å². The lowest BCUT2D eigenvalue weighted by atomic mass is 9.84. The Morgan fingerprint density at radius 2 is 1.77 bits per heavy atom. The predicted octanol–water partition coefficient (Wildman–Crippen LogP) is 2.90. The highest BCUT2D eigenvalue weighted by molar-refractivity contribution is 5.91. The maximum absolute atomic E-state index is 13.5. The van der Waals surface area contributed by atoms with Crippen LogP contribution in [-0.2, 0) is 14.4 Å². The largest absolute Gasteiger partial charge is 0.478 e. The Morgan fingerprint density at radius 3 is 2.23 bits per heavy atom. The van der Waals surface area contributed by atoms with Crippen molar-refractivity contribution < 1.29 is 19.5 Å². The van der Waals surface area contributed by atoms with Crippen molar-refractivity contribution in [3.63, 3.8) is 0 Å². The van der Waals surface area contributed by atoms with Crippen molar-refractivity contribution in [1.82, 2.24) is 15.1 Å². The highest BCUT2D eigenvalue weighted by Gasteiger charge is 2.39. The zero-order valence-electron chi connectivity index (χ0n) is 20.2. The Labute approximate surface area is 181 Å². The summed E-state index contributed by atoms with van der Waals surface area (Å²) in [7, 11) is 3.64. The maximum Gasteiger partial charge on any atom is 0.331 e. The van der Waals surface area contributed by atoms with Crippen LogP contribution >= 0.6 is 0 Å². The van der Waals surface area contributed by atoms with Crippen molar-refractivity contribution in [2.75, 3.05) is 14.1 Å².